The van der Waals surface area contributed by atoms with Crippen molar-refractivity contribution in [3.05, 3.63) is 85.1 Å². The third-order valence-electron chi connectivity index (χ3n) is 11.4. The molecule has 0 aliphatic heterocycles. The minimum Gasteiger partial charge on any atom is -0.462 e. The molecule has 6 heteroatoms. The highest BCUT2D eigenvalue weighted by molar-refractivity contribution is 5.71. The molecular formula is C59H100O6. The Balaban J connectivity index is 4.49. The van der Waals surface area contributed by atoms with Crippen LogP contribution in [0.15, 0.2) is 85.1 Å². The fourth-order valence-electron chi connectivity index (χ4n) is 7.25. The van der Waals surface area contributed by atoms with E-state index in [2.05, 4.69) is 106 Å². The Morgan fingerprint density at radius 2 is 0.554 bits per heavy atom. The van der Waals surface area contributed by atoms with Gasteiger partial charge in [-0.2, -0.15) is 0 Å². The van der Waals surface area contributed by atoms with Crippen LogP contribution in [0.1, 0.15) is 252 Å². The standard InChI is InChI=1S/C59H100O6/c1-4-7-10-13-16-19-22-25-27-28-29-30-32-34-37-40-43-46-49-52-58(61)64-55-56(54-63-57(60)51-48-45-42-39-36-33-24-21-18-15-12-9-6-3)65-59(62)53-50-47-44-41-38-35-31-26-23-20-17-14-11-8-5-2/h16-17,19-20,25-27,29-31,34,37-38,41,56H,4-15,18,21-24,28,32-33,35-36,39-40,42-55H2,1-3H3/b19-16-,20-17-,27-25-,30-29-,31-26-,37-34-,41-38-/t56-/m0/s1. The molecule has 65 heavy (non-hydrogen) atoms. The van der Waals surface area contributed by atoms with Gasteiger partial charge in [-0.15, -0.1) is 0 Å². The predicted octanol–water partition coefficient (Wildman–Crippen LogP) is 18.0. The molecular weight excluding hydrogens is 805 g/mol. The van der Waals surface area contributed by atoms with Gasteiger partial charge in [0.1, 0.15) is 13.2 Å². The van der Waals surface area contributed by atoms with E-state index < -0.39 is 6.10 Å². The van der Waals surface area contributed by atoms with Crippen LogP contribution in [-0.4, -0.2) is 37.2 Å². The molecule has 0 N–H and O–H groups in total. The van der Waals surface area contributed by atoms with Gasteiger partial charge in [0.15, 0.2) is 6.10 Å². The van der Waals surface area contributed by atoms with Crippen molar-refractivity contribution >= 4 is 17.9 Å². The van der Waals surface area contributed by atoms with Gasteiger partial charge in [-0.1, -0.05) is 215 Å². The number of hydrogen-bond donors (Lipinski definition) is 0. The van der Waals surface area contributed by atoms with Crippen molar-refractivity contribution in [2.75, 3.05) is 13.2 Å². The second-order valence-corrected chi connectivity index (χ2v) is 17.8. The molecule has 0 amide bonds. The molecule has 0 aromatic carbocycles. The maximum Gasteiger partial charge on any atom is 0.306 e. The van der Waals surface area contributed by atoms with Crippen LogP contribution < -0.4 is 0 Å². The summed E-state index contributed by atoms with van der Waals surface area (Å²) < 4.78 is 16.8. The van der Waals surface area contributed by atoms with Gasteiger partial charge in [-0.3, -0.25) is 14.4 Å². The number of ether oxygens (including phenoxy) is 3. The molecule has 0 radical (unpaired) electrons. The fraction of sp³-hybridized carbons (Fsp3) is 0.712. The Kier molecular flexibility index (Phi) is 50.4. The molecule has 0 spiro atoms. The van der Waals surface area contributed by atoms with Crippen LogP contribution in [0.5, 0.6) is 0 Å². The molecule has 372 valence electrons. The highest BCUT2D eigenvalue weighted by Gasteiger charge is 2.19. The summed E-state index contributed by atoms with van der Waals surface area (Å²) in [4.78, 5) is 38.0. The minimum absolute atomic E-state index is 0.101. The summed E-state index contributed by atoms with van der Waals surface area (Å²) in [6, 6.07) is 0. The van der Waals surface area contributed by atoms with Gasteiger partial charge in [0.2, 0.25) is 0 Å². The number of allylic oxidation sites excluding steroid dienone is 14. The molecule has 0 fully saturated rings. The summed E-state index contributed by atoms with van der Waals surface area (Å²) in [5.74, 6) is -0.970. The van der Waals surface area contributed by atoms with Crippen LogP contribution >= 0.6 is 0 Å². The monoisotopic (exact) mass is 905 g/mol. The van der Waals surface area contributed by atoms with Crippen molar-refractivity contribution in [1.82, 2.24) is 0 Å². The summed E-state index contributed by atoms with van der Waals surface area (Å²) in [5, 5.41) is 0. The van der Waals surface area contributed by atoms with E-state index in [1.807, 2.05) is 0 Å². The second kappa shape index (κ2) is 53.2. The van der Waals surface area contributed by atoms with E-state index in [1.165, 1.54) is 116 Å². The van der Waals surface area contributed by atoms with E-state index in [0.717, 1.165) is 89.9 Å². The van der Waals surface area contributed by atoms with Gasteiger partial charge < -0.3 is 14.2 Å². The zero-order valence-electron chi connectivity index (χ0n) is 42.5. The third kappa shape index (κ3) is 51.4. The lowest BCUT2D eigenvalue weighted by Gasteiger charge is -2.18. The number of esters is 3. The van der Waals surface area contributed by atoms with Gasteiger partial charge in [0.25, 0.3) is 0 Å². The van der Waals surface area contributed by atoms with Crippen molar-refractivity contribution in [3.8, 4) is 0 Å². The molecule has 0 unspecified atom stereocenters. The van der Waals surface area contributed by atoms with Crippen LogP contribution in [0.4, 0.5) is 0 Å². The molecule has 0 saturated heterocycles. The second-order valence-electron chi connectivity index (χ2n) is 17.8. The number of carbonyl (C=O) groups excluding carboxylic acids is 3. The maximum atomic E-state index is 12.8. The SMILES string of the molecule is CCCCC/C=C\C/C=C\C/C=C\C/C=C\CCCCCC(=O)OC[C@H](COC(=O)CCCCCCCCCCCCCCC)OC(=O)CCCC/C=C\C/C=C\C/C=C\CCCCC. The largest absolute Gasteiger partial charge is 0.462 e. The summed E-state index contributed by atoms with van der Waals surface area (Å²) >= 11 is 0. The molecule has 0 aliphatic rings. The van der Waals surface area contributed by atoms with Crippen molar-refractivity contribution in [3.63, 3.8) is 0 Å². The Hall–Kier alpha value is -3.41. The van der Waals surface area contributed by atoms with Crippen LogP contribution in [0.25, 0.3) is 0 Å². The molecule has 0 heterocycles. The smallest absolute Gasteiger partial charge is 0.306 e. The Labute approximate surface area is 401 Å². The molecule has 0 aliphatic carbocycles. The van der Waals surface area contributed by atoms with Crippen LogP contribution in [0.2, 0.25) is 0 Å². The third-order valence-corrected chi connectivity index (χ3v) is 11.4. The first-order chi connectivity index (χ1) is 32.0. The molecule has 0 bridgehead atoms. The summed E-state index contributed by atoms with van der Waals surface area (Å²) in [6.45, 7) is 6.52. The highest BCUT2D eigenvalue weighted by atomic mass is 16.6. The topological polar surface area (TPSA) is 78.9 Å². The fourth-order valence-corrected chi connectivity index (χ4v) is 7.25. The van der Waals surface area contributed by atoms with Crippen LogP contribution in [0, 0.1) is 0 Å². The van der Waals surface area contributed by atoms with E-state index in [9.17, 15) is 14.4 Å². The summed E-state index contributed by atoms with van der Waals surface area (Å²) in [5.41, 5.74) is 0. The molecule has 1 atom stereocenters. The van der Waals surface area contributed by atoms with E-state index in [0.29, 0.717) is 19.3 Å². The highest BCUT2D eigenvalue weighted by Crippen LogP contribution is 2.14. The van der Waals surface area contributed by atoms with Crippen molar-refractivity contribution in [2.45, 2.75) is 258 Å². The Morgan fingerprint density at radius 1 is 0.308 bits per heavy atom. The average molecular weight is 905 g/mol. The first-order valence-corrected chi connectivity index (χ1v) is 27.1. The maximum absolute atomic E-state index is 12.8. The van der Waals surface area contributed by atoms with Crippen molar-refractivity contribution in [2.24, 2.45) is 0 Å². The van der Waals surface area contributed by atoms with Gasteiger partial charge in [0.05, 0.1) is 0 Å². The van der Waals surface area contributed by atoms with Gasteiger partial charge >= 0.3 is 17.9 Å². The van der Waals surface area contributed by atoms with Crippen LogP contribution in [-0.2, 0) is 28.6 Å². The first-order valence-electron chi connectivity index (χ1n) is 27.1. The zero-order chi connectivity index (χ0) is 47.2. The quantitative estimate of drug-likeness (QED) is 0.0262. The normalized spacial score (nSPS) is 12.7. The predicted molar refractivity (Wildman–Crippen MR) is 279 cm³/mol. The minimum atomic E-state index is -0.808. The van der Waals surface area contributed by atoms with Crippen molar-refractivity contribution in [1.29, 1.82) is 0 Å². The first kappa shape index (κ1) is 61.6. The van der Waals surface area contributed by atoms with Gasteiger partial charge in [-0.25, -0.2) is 0 Å². The number of carbonyl (C=O) groups is 3. The molecule has 6 nitrogen and oxygen atoms in total. The molecule has 0 aromatic heterocycles. The number of hydrogen-bond acceptors (Lipinski definition) is 6. The zero-order valence-corrected chi connectivity index (χ0v) is 42.5. The number of unbranched alkanes of at least 4 members (excludes halogenated alkanes) is 23. The lowest BCUT2D eigenvalue weighted by atomic mass is 10.0. The summed E-state index contributed by atoms with van der Waals surface area (Å²) in [6.07, 6.45) is 68.5. The van der Waals surface area contributed by atoms with Gasteiger partial charge in [0, 0.05) is 19.3 Å². The van der Waals surface area contributed by atoms with E-state index >= 15 is 0 Å². The van der Waals surface area contributed by atoms with Gasteiger partial charge in [-0.05, 0) is 103 Å². The van der Waals surface area contributed by atoms with Crippen molar-refractivity contribution < 1.29 is 28.6 Å². The lowest BCUT2D eigenvalue weighted by molar-refractivity contribution is -0.167. The Bertz CT molecular complexity index is 1270. The molecule has 0 rings (SSSR count). The van der Waals surface area contributed by atoms with Crippen LogP contribution in [0.3, 0.4) is 0 Å². The average Bonchev–Trinajstić information content (AvgIpc) is 3.30. The Morgan fingerprint density at radius 3 is 0.923 bits per heavy atom. The molecule has 0 aromatic rings. The van der Waals surface area contributed by atoms with E-state index in [4.69, 9.17) is 14.2 Å². The lowest BCUT2D eigenvalue weighted by Crippen LogP contribution is -2.30. The number of rotatable bonds is 48. The van der Waals surface area contributed by atoms with E-state index in [-0.39, 0.29) is 37.5 Å². The molecule has 0 saturated carbocycles. The summed E-state index contributed by atoms with van der Waals surface area (Å²) in [7, 11) is 0. The van der Waals surface area contributed by atoms with E-state index in [1.54, 1.807) is 0 Å².